The summed E-state index contributed by atoms with van der Waals surface area (Å²) in [5.74, 6) is 0.924. The van der Waals surface area contributed by atoms with Crippen LogP contribution in [0, 0.1) is 0 Å². The van der Waals surface area contributed by atoms with Gasteiger partial charge in [0.15, 0.2) is 0 Å². The first kappa shape index (κ1) is 11.5. The maximum atomic E-state index is 6.28. The SMILES string of the molecule is COc1ccc(C(C)(C)C)cc1C1(N)CC1. The zero-order valence-electron chi connectivity index (χ0n) is 10.6. The van der Waals surface area contributed by atoms with Crippen LogP contribution in [0.15, 0.2) is 18.2 Å². The van der Waals surface area contributed by atoms with Crippen LogP contribution in [0.2, 0.25) is 0 Å². The fourth-order valence-electron chi connectivity index (χ4n) is 1.97. The molecule has 2 nitrogen and oxygen atoms in total. The molecule has 1 aliphatic carbocycles. The Morgan fingerprint density at radius 1 is 1.25 bits per heavy atom. The molecule has 16 heavy (non-hydrogen) atoms. The van der Waals surface area contributed by atoms with Crippen LogP contribution in [0.25, 0.3) is 0 Å². The molecule has 0 saturated heterocycles. The molecule has 2 N–H and O–H groups in total. The first-order valence-electron chi connectivity index (χ1n) is 5.85. The van der Waals surface area contributed by atoms with Gasteiger partial charge >= 0.3 is 0 Å². The second kappa shape index (κ2) is 3.49. The van der Waals surface area contributed by atoms with E-state index in [2.05, 4.69) is 32.9 Å². The molecule has 0 spiro atoms. The molecule has 0 atom stereocenters. The first-order chi connectivity index (χ1) is 7.37. The molecule has 0 unspecified atom stereocenters. The highest BCUT2D eigenvalue weighted by molar-refractivity contribution is 5.46. The summed E-state index contributed by atoms with van der Waals surface area (Å²) >= 11 is 0. The summed E-state index contributed by atoms with van der Waals surface area (Å²) in [4.78, 5) is 0. The molecule has 88 valence electrons. The van der Waals surface area contributed by atoms with Gasteiger partial charge in [0.1, 0.15) is 5.75 Å². The predicted molar refractivity (Wildman–Crippen MR) is 66.8 cm³/mol. The third-order valence-electron chi connectivity index (χ3n) is 3.39. The highest BCUT2D eigenvalue weighted by atomic mass is 16.5. The molecule has 0 radical (unpaired) electrons. The van der Waals surface area contributed by atoms with Gasteiger partial charge in [-0.25, -0.2) is 0 Å². The quantitative estimate of drug-likeness (QED) is 0.830. The van der Waals surface area contributed by atoms with E-state index in [1.54, 1.807) is 7.11 Å². The zero-order chi connectivity index (χ0) is 12.0. The number of ether oxygens (including phenoxy) is 1. The summed E-state index contributed by atoms with van der Waals surface area (Å²) in [5, 5.41) is 0. The lowest BCUT2D eigenvalue weighted by atomic mass is 9.85. The van der Waals surface area contributed by atoms with E-state index in [0.717, 1.165) is 18.6 Å². The molecular formula is C14H21NO. The van der Waals surface area contributed by atoms with Gasteiger partial charge in [-0.3, -0.25) is 0 Å². The number of nitrogens with two attached hydrogens (primary N) is 1. The van der Waals surface area contributed by atoms with Crippen LogP contribution in [-0.2, 0) is 11.0 Å². The van der Waals surface area contributed by atoms with Gasteiger partial charge in [0, 0.05) is 11.1 Å². The van der Waals surface area contributed by atoms with Crippen molar-refractivity contribution >= 4 is 0 Å². The smallest absolute Gasteiger partial charge is 0.123 e. The van der Waals surface area contributed by atoms with E-state index < -0.39 is 0 Å². The van der Waals surface area contributed by atoms with E-state index in [1.807, 2.05) is 6.07 Å². The molecule has 0 aliphatic heterocycles. The minimum Gasteiger partial charge on any atom is -0.496 e. The summed E-state index contributed by atoms with van der Waals surface area (Å²) < 4.78 is 5.40. The van der Waals surface area contributed by atoms with Crippen molar-refractivity contribution in [3.63, 3.8) is 0 Å². The molecule has 0 aromatic heterocycles. The maximum Gasteiger partial charge on any atom is 0.123 e. The van der Waals surface area contributed by atoms with Gasteiger partial charge in [-0.1, -0.05) is 26.8 Å². The first-order valence-corrected chi connectivity index (χ1v) is 5.85. The fourth-order valence-corrected chi connectivity index (χ4v) is 1.97. The Labute approximate surface area is 97.8 Å². The van der Waals surface area contributed by atoms with Crippen LogP contribution in [0.3, 0.4) is 0 Å². The highest BCUT2D eigenvalue weighted by Gasteiger charge is 2.42. The lowest BCUT2D eigenvalue weighted by molar-refractivity contribution is 0.403. The second-order valence-corrected chi connectivity index (χ2v) is 5.82. The normalized spacial score (nSPS) is 18.3. The predicted octanol–water partition coefficient (Wildman–Crippen LogP) is 2.94. The van der Waals surface area contributed by atoms with Crippen LogP contribution in [0.1, 0.15) is 44.7 Å². The van der Waals surface area contributed by atoms with Crippen molar-refractivity contribution in [2.45, 2.75) is 44.6 Å². The number of hydrogen-bond acceptors (Lipinski definition) is 2. The average molecular weight is 219 g/mol. The van der Waals surface area contributed by atoms with E-state index in [9.17, 15) is 0 Å². The molecule has 1 aromatic rings. The van der Waals surface area contributed by atoms with Crippen LogP contribution in [0.4, 0.5) is 0 Å². The van der Waals surface area contributed by atoms with Crippen LogP contribution >= 0.6 is 0 Å². The summed E-state index contributed by atoms with van der Waals surface area (Å²) in [6.07, 6.45) is 2.13. The van der Waals surface area contributed by atoms with Gasteiger partial charge in [-0.05, 0) is 36.0 Å². The number of methoxy groups -OCH3 is 1. The van der Waals surface area contributed by atoms with E-state index >= 15 is 0 Å². The molecule has 1 aromatic carbocycles. The second-order valence-electron chi connectivity index (χ2n) is 5.82. The molecule has 1 saturated carbocycles. The van der Waals surface area contributed by atoms with Gasteiger partial charge in [-0.15, -0.1) is 0 Å². The molecular weight excluding hydrogens is 198 g/mol. The Hall–Kier alpha value is -1.02. The van der Waals surface area contributed by atoms with Gasteiger partial charge in [0.05, 0.1) is 7.11 Å². The lowest BCUT2D eigenvalue weighted by Crippen LogP contribution is -2.21. The summed E-state index contributed by atoms with van der Waals surface area (Å²) in [7, 11) is 1.71. The van der Waals surface area contributed by atoms with Crippen molar-refractivity contribution in [2.24, 2.45) is 5.73 Å². The monoisotopic (exact) mass is 219 g/mol. The van der Waals surface area contributed by atoms with E-state index in [0.29, 0.717) is 0 Å². The van der Waals surface area contributed by atoms with Gasteiger partial charge in [0.2, 0.25) is 0 Å². The highest BCUT2D eigenvalue weighted by Crippen LogP contribution is 2.47. The molecule has 0 bridgehead atoms. The number of benzene rings is 1. The zero-order valence-corrected chi connectivity index (χ0v) is 10.6. The number of hydrogen-bond donors (Lipinski definition) is 1. The van der Waals surface area contributed by atoms with Crippen LogP contribution in [-0.4, -0.2) is 7.11 Å². The molecule has 2 rings (SSSR count). The lowest BCUT2D eigenvalue weighted by Gasteiger charge is -2.23. The van der Waals surface area contributed by atoms with E-state index in [4.69, 9.17) is 10.5 Å². The Bertz CT molecular complexity index is 400. The molecule has 1 fully saturated rings. The van der Waals surface area contributed by atoms with Crippen LogP contribution < -0.4 is 10.5 Å². The Balaban J connectivity index is 2.48. The minimum atomic E-state index is -0.132. The topological polar surface area (TPSA) is 35.2 Å². The van der Waals surface area contributed by atoms with Crippen LogP contribution in [0.5, 0.6) is 5.75 Å². The third kappa shape index (κ3) is 1.94. The third-order valence-corrected chi connectivity index (χ3v) is 3.39. The van der Waals surface area contributed by atoms with Gasteiger partial charge < -0.3 is 10.5 Å². The fraction of sp³-hybridized carbons (Fsp3) is 0.571. The van der Waals surface area contributed by atoms with Crippen molar-refractivity contribution < 1.29 is 4.74 Å². The van der Waals surface area contributed by atoms with Crippen molar-refractivity contribution in [2.75, 3.05) is 7.11 Å². The maximum absolute atomic E-state index is 6.28. The van der Waals surface area contributed by atoms with E-state index in [-0.39, 0.29) is 11.0 Å². The molecule has 0 amide bonds. The van der Waals surface area contributed by atoms with Crippen molar-refractivity contribution in [1.29, 1.82) is 0 Å². The summed E-state index contributed by atoms with van der Waals surface area (Å²) in [5.41, 5.74) is 8.79. The van der Waals surface area contributed by atoms with Gasteiger partial charge in [0.25, 0.3) is 0 Å². The van der Waals surface area contributed by atoms with Gasteiger partial charge in [-0.2, -0.15) is 0 Å². The molecule has 1 aliphatic rings. The standard InChI is InChI=1S/C14H21NO/c1-13(2,3)10-5-6-12(16-4)11(9-10)14(15)7-8-14/h5-6,9H,7-8,15H2,1-4H3. The Morgan fingerprint density at radius 2 is 1.88 bits per heavy atom. The summed E-state index contributed by atoms with van der Waals surface area (Å²) in [6.45, 7) is 6.65. The molecule has 0 heterocycles. The largest absolute Gasteiger partial charge is 0.496 e. The summed E-state index contributed by atoms with van der Waals surface area (Å²) in [6, 6.07) is 6.39. The van der Waals surface area contributed by atoms with E-state index in [1.165, 1.54) is 11.1 Å². The minimum absolute atomic E-state index is 0.132. The Morgan fingerprint density at radius 3 is 2.31 bits per heavy atom. The van der Waals surface area contributed by atoms with Crippen molar-refractivity contribution in [1.82, 2.24) is 0 Å². The Kier molecular flexibility index (Phi) is 2.50. The number of rotatable bonds is 2. The molecule has 2 heteroatoms. The van der Waals surface area contributed by atoms with Crippen molar-refractivity contribution in [3.05, 3.63) is 29.3 Å². The average Bonchev–Trinajstić information content (AvgIpc) is 2.95. The van der Waals surface area contributed by atoms with Crippen molar-refractivity contribution in [3.8, 4) is 5.75 Å².